The predicted molar refractivity (Wildman–Crippen MR) is 77.0 cm³/mol. The second-order valence-corrected chi connectivity index (χ2v) is 5.59. The molecule has 1 N–H and O–H groups in total. The Balaban J connectivity index is 1.67. The maximum Gasteiger partial charge on any atom is 0.231 e. The van der Waals surface area contributed by atoms with Crippen LogP contribution in [0.1, 0.15) is 29.8 Å². The molecule has 0 saturated carbocycles. The summed E-state index contributed by atoms with van der Waals surface area (Å²) in [4.78, 5) is 0. The SMILES string of the molecule is OC1CC(c2ccc3c(c2)OCO3)Oc2ccc(Cl)cc21. The van der Waals surface area contributed by atoms with Crippen LogP contribution in [-0.2, 0) is 0 Å². The van der Waals surface area contributed by atoms with E-state index < -0.39 is 6.10 Å². The first kappa shape index (κ1) is 12.8. The lowest BCUT2D eigenvalue weighted by atomic mass is 9.95. The molecule has 2 aliphatic heterocycles. The van der Waals surface area contributed by atoms with Gasteiger partial charge in [-0.2, -0.15) is 0 Å². The highest BCUT2D eigenvalue weighted by atomic mass is 35.5. The molecule has 2 aromatic carbocycles. The van der Waals surface area contributed by atoms with Gasteiger partial charge in [-0.25, -0.2) is 0 Å². The van der Waals surface area contributed by atoms with Crippen molar-refractivity contribution in [3.8, 4) is 17.2 Å². The molecule has 2 unspecified atom stereocenters. The minimum absolute atomic E-state index is 0.219. The molecule has 0 aromatic heterocycles. The van der Waals surface area contributed by atoms with Gasteiger partial charge in [0.05, 0.1) is 6.10 Å². The zero-order valence-corrected chi connectivity index (χ0v) is 11.8. The summed E-state index contributed by atoms with van der Waals surface area (Å²) < 4.78 is 16.7. The van der Waals surface area contributed by atoms with Crippen LogP contribution in [0.2, 0.25) is 5.02 Å². The molecule has 2 aliphatic rings. The smallest absolute Gasteiger partial charge is 0.231 e. The molecule has 0 aliphatic carbocycles. The van der Waals surface area contributed by atoms with Crippen molar-refractivity contribution >= 4 is 11.6 Å². The van der Waals surface area contributed by atoms with Gasteiger partial charge in [0.15, 0.2) is 11.5 Å². The number of ether oxygens (including phenoxy) is 3. The first-order valence-electron chi connectivity index (χ1n) is 6.74. The zero-order valence-electron chi connectivity index (χ0n) is 11.1. The van der Waals surface area contributed by atoms with Gasteiger partial charge in [0.25, 0.3) is 0 Å². The molecule has 2 aromatic rings. The van der Waals surface area contributed by atoms with Crippen molar-refractivity contribution in [1.29, 1.82) is 0 Å². The molecular weight excluding hydrogens is 292 g/mol. The van der Waals surface area contributed by atoms with Crippen LogP contribution in [0.25, 0.3) is 0 Å². The Morgan fingerprint density at radius 1 is 1.00 bits per heavy atom. The number of aliphatic hydroxyl groups is 1. The van der Waals surface area contributed by atoms with E-state index in [-0.39, 0.29) is 12.9 Å². The van der Waals surface area contributed by atoms with Gasteiger partial charge in [0.1, 0.15) is 11.9 Å². The molecule has 0 saturated heterocycles. The molecule has 5 heteroatoms. The first-order valence-corrected chi connectivity index (χ1v) is 7.12. The Labute approximate surface area is 126 Å². The molecule has 0 bridgehead atoms. The lowest BCUT2D eigenvalue weighted by molar-refractivity contribution is 0.0656. The Morgan fingerprint density at radius 2 is 1.81 bits per heavy atom. The van der Waals surface area contributed by atoms with E-state index in [9.17, 15) is 5.11 Å². The summed E-state index contributed by atoms with van der Waals surface area (Å²) in [6, 6.07) is 11.0. The summed E-state index contributed by atoms with van der Waals surface area (Å²) >= 11 is 5.96. The van der Waals surface area contributed by atoms with Crippen LogP contribution >= 0.6 is 11.6 Å². The Kier molecular flexibility index (Phi) is 2.94. The van der Waals surface area contributed by atoms with Crippen LogP contribution in [0.4, 0.5) is 0 Å². The van der Waals surface area contributed by atoms with Gasteiger partial charge in [-0.3, -0.25) is 0 Å². The summed E-state index contributed by atoms with van der Waals surface area (Å²) in [5.74, 6) is 2.12. The molecule has 2 atom stereocenters. The highest BCUT2D eigenvalue weighted by Crippen LogP contribution is 2.43. The fourth-order valence-electron chi connectivity index (χ4n) is 2.74. The summed E-state index contributed by atoms with van der Waals surface area (Å²) in [7, 11) is 0. The minimum Gasteiger partial charge on any atom is -0.485 e. The van der Waals surface area contributed by atoms with E-state index >= 15 is 0 Å². The van der Waals surface area contributed by atoms with Crippen LogP contribution in [0, 0.1) is 0 Å². The van der Waals surface area contributed by atoms with Crippen LogP contribution in [0.15, 0.2) is 36.4 Å². The summed E-state index contributed by atoms with van der Waals surface area (Å²) in [5.41, 5.74) is 1.69. The van der Waals surface area contributed by atoms with Gasteiger partial charge >= 0.3 is 0 Å². The second-order valence-electron chi connectivity index (χ2n) is 5.15. The number of rotatable bonds is 1. The fourth-order valence-corrected chi connectivity index (χ4v) is 2.92. The Morgan fingerprint density at radius 3 is 2.71 bits per heavy atom. The normalized spacial score (nSPS) is 22.6. The van der Waals surface area contributed by atoms with Gasteiger partial charge in [-0.05, 0) is 35.9 Å². The average Bonchev–Trinajstić information content (AvgIpc) is 2.95. The van der Waals surface area contributed by atoms with Gasteiger partial charge < -0.3 is 19.3 Å². The third kappa shape index (κ3) is 2.20. The van der Waals surface area contributed by atoms with Crippen molar-refractivity contribution < 1.29 is 19.3 Å². The number of benzene rings is 2. The number of aliphatic hydroxyl groups excluding tert-OH is 1. The van der Waals surface area contributed by atoms with Gasteiger partial charge in [-0.1, -0.05) is 17.7 Å². The molecule has 2 heterocycles. The average molecular weight is 305 g/mol. The number of halogens is 1. The number of hydrogen-bond acceptors (Lipinski definition) is 4. The zero-order chi connectivity index (χ0) is 14.4. The molecule has 0 spiro atoms. The van der Waals surface area contributed by atoms with Gasteiger partial charge in [0.2, 0.25) is 6.79 Å². The second kappa shape index (κ2) is 4.83. The van der Waals surface area contributed by atoms with E-state index in [1.54, 1.807) is 18.2 Å². The van der Waals surface area contributed by atoms with E-state index in [1.165, 1.54) is 0 Å². The van der Waals surface area contributed by atoms with Crippen molar-refractivity contribution in [2.45, 2.75) is 18.6 Å². The van der Waals surface area contributed by atoms with Crippen LogP contribution < -0.4 is 14.2 Å². The van der Waals surface area contributed by atoms with Crippen LogP contribution in [-0.4, -0.2) is 11.9 Å². The van der Waals surface area contributed by atoms with E-state index in [1.807, 2.05) is 18.2 Å². The molecule has 21 heavy (non-hydrogen) atoms. The lowest BCUT2D eigenvalue weighted by Gasteiger charge is -2.30. The lowest BCUT2D eigenvalue weighted by Crippen LogP contribution is -2.19. The molecule has 4 nitrogen and oxygen atoms in total. The monoisotopic (exact) mass is 304 g/mol. The summed E-state index contributed by atoms with van der Waals surface area (Å²) in [6.45, 7) is 0.244. The van der Waals surface area contributed by atoms with Crippen molar-refractivity contribution in [1.82, 2.24) is 0 Å². The van der Waals surface area contributed by atoms with Crippen molar-refractivity contribution in [2.24, 2.45) is 0 Å². The molecular formula is C16H13ClO4. The molecule has 4 rings (SSSR count). The Hall–Kier alpha value is -1.91. The van der Waals surface area contributed by atoms with Crippen molar-refractivity contribution in [2.75, 3.05) is 6.79 Å². The third-order valence-corrected chi connectivity index (χ3v) is 4.04. The highest BCUT2D eigenvalue weighted by Gasteiger charge is 2.29. The highest BCUT2D eigenvalue weighted by molar-refractivity contribution is 6.30. The Bertz CT molecular complexity index is 701. The third-order valence-electron chi connectivity index (χ3n) is 3.81. The molecule has 0 amide bonds. The van der Waals surface area contributed by atoms with E-state index in [0.29, 0.717) is 22.9 Å². The maximum atomic E-state index is 10.3. The molecule has 0 fully saturated rings. The molecule has 108 valence electrons. The van der Waals surface area contributed by atoms with E-state index in [2.05, 4.69) is 0 Å². The topological polar surface area (TPSA) is 47.9 Å². The maximum absolute atomic E-state index is 10.3. The minimum atomic E-state index is -0.595. The molecule has 0 radical (unpaired) electrons. The fraction of sp³-hybridized carbons (Fsp3) is 0.250. The van der Waals surface area contributed by atoms with Crippen molar-refractivity contribution in [3.63, 3.8) is 0 Å². The van der Waals surface area contributed by atoms with E-state index in [0.717, 1.165) is 16.9 Å². The first-order chi connectivity index (χ1) is 10.2. The van der Waals surface area contributed by atoms with Crippen molar-refractivity contribution in [3.05, 3.63) is 52.5 Å². The summed E-state index contributed by atoms with van der Waals surface area (Å²) in [5, 5.41) is 10.9. The van der Waals surface area contributed by atoms with Crippen LogP contribution in [0.5, 0.6) is 17.2 Å². The number of fused-ring (bicyclic) bond motifs is 2. The quantitative estimate of drug-likeness (QED) is 0.874. The largest absolute Gasteiger partial charge is 0.485 e. The standard InChI is InChI=1S/C16H13ClO4/c17-10-2-4-13-11(6-10)12(18)7-15(21-13)9-1-3-14-16(5-9)20-8-19-14/h1-6,12,15,18H,7-8H2. The van der Waals surface area contributed by atoms with Crippen LogP contribution in [0.3, 0.4) is 0 Å². The predicted octanol–water partition coefficient (Wildman–Crippen LogP) is 3.63. The van der Waals surface area contributed by atoms with Gasteiger partial charge in [0, 0.05) is 17.0 Å². The van der Waals surface area contributed by atoms with Gasteiger partial charge in [-0.15, -0.1) is 0 Å². The summed E-state index contributed by atoms with van der Waals surface area (Å²) in [6.07, 6.45) is -0.335. The van der Waals surface area contributed by atoms with E-state index in [4.69, 9.17) is 25.8 Å². The number of hydrogen-bond donors (Lipinski definition) is 1.